The van der Waals surface area contributed by atoms with Crippen LogP contribution < -0.4 is 10.6 Å². The zero-order valence-corrected chi connectivity index (χ0v) is 22.0. The van der Waals surface area contributed by atoms with Gasteiger partial charge in [-0.05, 0) is 48.6 Å². The van der Waals surface area contributed by atoms with Crippen LogP contribution in [-0.2, 0) is 11.3 Å². The van der Waals surface area contributed by atoms with E-state index in [1.165, 1.54) is 12.6 Å². The van der Waals surface area contributed by atoms with Crippen molar-refractivity contribution < 1.29 is 14.4 Å². The van der Waals surface area contributed by atoms with E-state index in [9.17, 15) is 14.4 Å². The van der Waals surface area contributed by atoms with E-state index in [1.54, 1.807) is 42.4 Å². The number of hydrogen-bond acceptors (Lipinski definition) is 5. The summed E-state index contributed by atoms with van der Waals surface area (Å²) < 4.78 is 0. The summed E-state index contributed by atoms with van der Waals surface area (Å²) in [5.41, 5.74) is 2.20. The maximum absolute atomic E-state index is 12.8. The summed E-state index contributed by atoms with van der Waals surface area (Å²) in [6.07, 6.45) is 3.11. The fraction of sp³-hybridized carbons (Fsp3) is 0.429. The first kappa shape index (κ1) is 27.7. The number of hydrogen-bond donors (Lipinski definition) is 2. The van der Waals surface area contributed by atoms with E-state index in [2.05, 4.69) is 27.7 Å². The molecule has 4 amide bonds. The van der Waals surface area contributed by atoms with Gasteiger partial charge >= 0.3 is 6.03 Å². The second-order valence-electron chi connectivity index (χ2n) is 9.93. The van der Waals surface area contributed by atoms with Crippen molar-refractivity contribution >= 4 is 23.5 Å². The maximum Gasteiger partial charge on any atom is 0.321 e. The zero-order chi connectivity index (χ0) is 26.9. The number of nitrogens with zero attached hydrogens (tertiary/aromatic N) is 4. The second kappa shape index (κ2) is 12.9. The number of likely N-dealkylation sites (N-methyl/N-ethyl adjacent to an activating group) is 2. The Kier molecular flexibility index (Phi) is 9.64. The molecule has 1 fully saturated rings. The molecule has 1 aliphatic rings. The molecule has 2 N–H and O–H groups in total. The number of rotatable bonds is 9. The summed E-state index contributed by atoms with van der Waals surface area (Å²) in [7, 11) is 3.18. The topological polar surface area (TPSA) is 109 Å². The number of urea groups is 1. The Morgan fingerprint density at radius 2 is 1.76 bits per heavy atom. The van der Waals surface area contributed by atoms with E-state index in [-0.39, 0.29) is 18.0 Å². The molecule has 37 heavy (non-hydrogen) atoms. The second-order valence-corrected chi connectivity index (χ2v) is 9.93. The lowest BCUT2D eigenvalue weighted by atomic mass is 10.0. The van der Waals surface area contributed by atoms with Crippen molar-refractivity contribution in [3.63, 3.8) is 0 Å². The minimum absolute atomic E-state index is 0.121. The molecule has 0 aliphatic carbocycles. The van der Waals surface area contributed by atoms with Gasteiger partial charge in [0.15, 0.2) is 6.19 Å². The van der Waals surface area contributed by atoms with Crippen LogP contribution in [0.2, 0.25) is 0 Å². The minimum Gasteiger partial charge on any atom is -0.340 e. The van der Waals surface area contributed by atoms with Gasteiger partial charge in [0.1, 0.15) is 6.04 Å². The highest BCUT2D eigenvalue weighted by atomic mass is 16.2. The number of amides is 4. The Balaban J connectivity index is 1.54. The number of nitriles is 1. The number of anilines is 1. The largest absolute Gasteiger partial charge is 0.340 e. The highest BCUT2D eigenvalue weighted by Crippen LogP contribution is 2.19. The van der Waals surface area contributed by atoms with Crippen LogP contribution in [0.15, 0.2) is 54.6 Å². The standard InChI is InChI=1S/C28H36N6O3/c1-20(2)16-25(27(36)32(3)19-29)31-26(35)22-10-12-23(13-11-22)30-28(37)33(4)24-14-15-34(18-24)17-21-8-6-5-7-9-21/h5-13,20,24-25H,14-18H2,1-4H3,(H,30,37)(H,31,35)/t24?,25-/m0/s1. The normalized spacial score (nSPS) is 16.1. The number of carbonyl (C=O) groups excluding carboxylic acids is 3. The number of carbonyl (C=O) groups is 3. The Hall–Kier alpha value is -3.90. The van der Waals surface area contributed by atoms with Crippen molar-refractivity contribution in [3.8, 4) is 6.19 Å². The lowest BCUT2D eigenvalue weighted by Gasteiger charge is -2.25. The van der Waals surface area contributed by atoms with Crippen LogP contribution in [0.1, 0.15) is 42.6 Å². The summed E-state index contributed by atoms with van der Waals surface area (Å²) in [4.78, 5) is 43.1. The van der Waals surface area contributed by atoms with E-state index in [0.29, 0.717) is 17.7 Å². The quantitative estimate of drug-likeness (QED) is 0.401. The van der Waals surface area contributed by atoms with E-state index in [1.807, 2.05) is 32.0 Å². The van der Waals surface area contributed by atoms with Crippen molar-refractivity contribution in [1.82, 2.24) is 20.0 Å². The first-order chi connectivity index (χ1) is 17.7. The van der Waals surface area contributed by atoms with Gasteiger partial charge in [-0.25, -0.2) is 4.79 Å². The molecule has 0 radical (unpaired) electrons. The molecule has 0 aromatic heterocycles. The van der Waals surface area contributed by atoms with Gasteiger partial charge in [0, 0.05) is 51.0 Å². The summed E-state index contributed by atoms with van der Waals surface area (Å²) in [6.45, 7) is 6.51. The van der Waals surface area contributed by atoms with Crippen LogP contribution in [0.25, 0.3) is 0 Å². The third-order valence-electron chi connectivity index (χ3n) is 6.55. The van der Waals surface area contributed by atoms with Gasteiger partial charge < -0.3 is 15.5 Å². The summed E-state index contributed by atoms with van der Waals surface area (Å²) in [5, 5.41) is 14.7. The van der Waals surface area contributed by atoms with Crippen molar-refractivity contribution in [3.05, 3.63) is 65.7 Å². The molecule has 1 unspecified atom stereocenters. The lowest BCUT2D eigenvalue weighted by molar-refractivity contribution is -0.129. The third-order valence-corrected chi connectivity index (χ3v) is 6.55. The molecule has 9 heteroatoms. The molecule has 0 spiro atoms. The van der Waals surface area contributed by atoms with Crippen LogP contribution in [0.5, 0.6) is 0 Å². The first-order valence-corrected chi connectivity index (χ1v) is 12.6. The predicted molar refractivity (Wildman–Crippen MR) is 142 cm³/mol. The Morgan fingerprint density at radius 1 is 1.08 bits per heavy atom. The van der Waals surface area contributed by atoms with Gasteiger partial charge in [-0.3, -0.25) is 19.4 Å². The summed E-state index contributed by atoms with van der Waals surface area (Å²) in [6, 6.07) is 16.0. The molecule has 2 atom stereocenters. The van der Waals surface area contributed by atoms with Gasteiger partial charge in [0.2, 0.25) is 0 Å². The molecule has 1 aliphatic heterocycles. The van der Waals surface area contributed by atoms with Crippen molar-refractivity contribution in [1.29, 1.82) is 5.26 Å². The van der Waals surface area contributed by atoms with E-state index in [4.69, 9.17) is 5.26 Å². The number of benzene rings is 2. The van der Waals surface area contributed by atoms with Gasteiger partial charge in [-0.1, -0.05) is 44.2 Å². The lowest BCUT2D eigenvalue weighted by Crippen LogP contribution is -2.46. The molecule has 0 saturated carbocycles. The monoisotopic (exact) mass is 504 g/mol. The van der Waals surface area contributed by atoms with E-state index < -0.39 is 17.9 Å². The van der Waals surface area contributed by atoms with Crippen LogP contribution >= 0.6 is 0 Å². The fourth-order valence-corrected chi connectivity index (χ4v) is 4.41. The minimum atomic E-state index is -0.793. The van der Waals surface area contributed by atoms with Gasteiger partial charge in [-0.15, -0.1) is 0 Å². The molecule has 1 heterocycles. The smallest absolute Gasteiger partial charge is 0.321 e. The first-order valence-electron chi connectivity index (χ1n) is 12.6. The van der Waals surface area contributed by atoms with Crippen LogP contribution in [-0.4, -0.2) is 71.8 Å². The van der Waals surface area contributed by atoms with Crippen LogP contribution in [0.3, 0.4) is 0 Å². The predicted octanol–water partition coefficient (Wildman–Crippen LogP) is 3.51. The molecule has 3 rings (SSSR count). The Bertz CT molecular complexity index is 1110. The van der Waals surface area contributed by atoms with Crippen molar-refractivity contribution in [2.75, 3.05) is 32.5 Å². The average Bonchev–Trinajstić information content (AvgIpc) is 3.35. The number of likely N-dealkylation sites (tertiary alicyclic amines) is 1. The van der Waals surface area contributed by atoms with Crippen LogP contribution in [0, 0.1) is 17.4 Å². The van der Waals surface area contributed by atoms with Gasteiger partial charge in [0.25, 0.3) is 11.8 Å². The molecule has 2 aromatic carbocycles. The highest BCUT2D eigenvalue weighted by Gasteiger charge is 2.29. The highest BCUT2D eigenvalue weighted by molar-refractivity contribution is 5.98. The molecule has 1 saturated heterocycles. The molecule has 0 bridgehead atoms. The van der Waals surface area contributed by atoms with Crippen LogP contribution in [0.4, 0.5) is 10.5 Å². The molecule has 196 valence electrons. The Labute approximate surface area is 219 Å². The molecule has 9 nitrogen and oxygen atoms in total. The van der Waals surface area contributed by atoms with Crippen molar-refractivity contribution in [2.45, 2.75) is 45.3 Å². The molecular weight excluding hydrogens is 468 g/mol. The summed E-state index contributed by atoms with van der Waals surface area (Å²) in [5.74, 6) is -0.711. The SMILES string of the molecule is CC(C)C[C@H](NC(=O)c1ccc(NC(=O)N(C)C2CCN(Cc3ccccc3)C2)cc1)C(=O)N(C)C#N. The molecular formula is C28H36N6O3. The number of nitrogens with one attached hydrogen (secondary N) is 2. The van der Waals surface area contributed by atoms with Crippen molar-refractivity contribution in [2.24, 2.45) is 5.92 Å². The average molecular weight is 505 g/mol. The fourth-order valence-electron chi connectivity index (χ4n) is 4.41. The van der Waals surface area contributed by atoms with Gasteiger partial charge in [-0.2, -0.15) is 5.26 Å². The van der Waals surface area contributed by atoms with Gasteiger partial charge in [0.05, 0.1) is 0 Å². The zero-order valence-electron chi connectivity index (χ0n) is 22.0. The van der Waals surface area contributed by atoms with E-state index in [0.717, 1.165) is 31.0 Å². The summed E-state index contributed by atoms with van der Waals surface area (Å²) >= 11 is 0. The molecule has 2 aromatic rings. The Morgan fingerprint density at radius 3 is 2.38 bits per heavy atom. The third kappa shape index (κ3) is 7.79. The van der Waals surface area contributed by atoms with E-state index >= 15 is 0 Å². The maximum atomic E-state index is 12.8.